The Morgan fingerprint density at radius 1 is 1.35 bits per heavy atom. The maximum absolute atomic E-state index is 12.4. The van der Waals surface area contributed by atoms with Crippen molar-refractivity contribution in [3.05, 3.63) is 21.7 Å². The summed E-state index contributed by atoms with van der Waals surface area (Å²) in [5.41, 5.74) is 7.27. The van der Waals surface area contributed by atoms with Crippen LogP contribution in [0.25, 0.3) is 0 Å². The van der Waals surface area contributed by atoms with E-state index in [-0.39, 0.29) is 17.3 Å². The molecule has 0 aromatic carbocycles. The van der Waals surface area contributed by atoms with E-state index in [0.29, 0.717) is 5.03 Å². The van der Waals surface area contributed by atoms with E-state index < -0.39 is 0 Å². The van der Waals surface area contributed by atoms with Crippen molar-refractivity contribution in [1.82, 2.24) is 9.55 Å². The molecular weight excluding hydrogens is 312 g/mol. The summed E-state index contributed by atoms with van der Waals surface area (Å²) in [5, 5.41) is 0.701. The fourth-order valence-electron chi connectivity index (χ4n) is 3.17. The minimum absolute atomic E-state index is 0.175. The van der Waals surface area contributed by atoms with Gasteiger partial charge in [0.05, 0.1) is 25.4 Å². The van der Waals surface area contributed by atoms with Gasteiger partial charge in [-0.15, -0.1) is 0 Å². The molecule has 0 unspecified atom stereocenters. The van der Waals surface area contributed by atoms with E-state index in [4.69, 9.17) is 5.73 Å². The lowest BCUT2D eigenvalue weighted by Crippen LogP contribution is -3.11. The third-order valence-corrected chi connectivity index (χ3v) is 5.50. The topological polar surface area (TPSA) is 82.4 Å². The Hall–Kier alpha value is -1.34. The molecule has 23 heavy (non-hydrogen) atoms. The highest BCUT2D eigenvalue weighted by molar-refractivity contribution is 7.99. The van der Waals surface area contributed by atoms with Gasteiger partial charge in [0.15, 0.2) is 0 Å². The number of carbonyl (C=O) groups excluding carboxylic acids is 1. The van der Waals surface area contributed by atoms with Crippen molar-refractivity contribution < 1.29 is 9.69 Å². The summed E-state index contributed by atoms with van der Waals surface area (Å²) < 4.78 is 1.85. The van der Waals surface area contributed by atoms with Crippen molar-refractivity contribution in [1.29, 1.82) is 0 Å². The van der Waals surface area contributed by atoms with Crippen LogP contribution in [0, 0.1) is 0 Å². The van der Waals surface area contributed by atoms with Crippen LogP contribution in [0.15, 0.2) is 9.82 Å². The number of nitrogens with one attached hydrogen (secondary N) is 1. The summed E-state index contributed by atoms with van der Waals surface area (Å²) in [6.45, 7) is 8.42. The van der Waals surface area contributed by atoms with E-state index in [9.17, 15) is 9.59 Å². The molecule has 3 N–H and O–H groups in total. The Balaban J connectivity index is 2.13. The van der Waals surface area contributed by atoms with E-state index in [1.54, 1.807) is 4.90 Å². The van der Waals surface area contributed by atoms with Gasteiger partial charge in [0, 0.05) is 24.2 Å². The van der Waals surface area contributed by atoms with Gasteiger partial charge in [0.1, 0.15) is 5.03 Å². The summed E-state index contributed by atoms with van der Waals surface area (Å²) >= 11 is 1.29. The Bertz CT molecular complexity index is 611. The minimum atomic E-state index is -0.380. The van der Waals surface area contributed by atoms with Crippen molar-refractivity contribution in [3.63, 3.8) is 0 Å². The smallest absolute Gasteiger partial charge is 0.348 e. The largest absolute Gasteiger partial charge is 0.369 e. The lowest BCUT2D eigenvalue weighted by Gasteiger charge is -2.17. The van der Waals surface area contributed by atoms with Crippen LogP contribution in [0.1, 0.15) is 37.9 Å². The lowest BCUT2D eigenvalue weighted by atomic mass is 10.2. The average molecular weight is 339 g/mol. The summed E-state index contributed by atoms with van der Waals surface area (Å²) in [6.07, 6.45) is 3.89. The monoisotopic (exact) mass is 339 g/mol. The van der Waals surface area contributed by atoms with E-state index in [2.05, 4.69) is 18.8 Å². The molecule has 1 aliphatic rings. The Labute approximate surface area is 141 Å². The molecule has 1 amide bonds. The maximum atomic E-state index is 12.4. The van der Waals surface area contributed by atoms with Crippen molar-refractivity contribution in [2.45, 2.75) is 51.1 Å². The first-order valence-corrected chi connectivity index (χ1v) is 9.42. The minimum Gasteiger partial charge on any atom is -0.369 e. The molecular formula is C16H27N4O2S+. The van der Waals surface area contributed by atoms with Crippen LogP contribution in [-0.2, 0) is 24.2 Å². The number of thioether (sulfide) groups is 1. The summed E-state index contributed by atoms with van der Waals surface area (Å²) in [4.78, 5) is 29.1. The molecule has 1 aliphatic carbocycles. The van der Waals surface area contributed by atoms with Crippen LogP contribution >= 0.6 is 11.8 Å². The van der Waals surface area contributed by atoms with Gasteiger partial charge in [-0.1, -0.05) is 11.8 Å². The maximum Gasteiger partial charge on any atom is 0.348 e. The second-order valence-electron chi connectivity index (χ2n) is 5.95. The van der Waals surface area contributed by atoms with E-state index in [0.717, 1.165) is 63.1 Å². The number of nitrogens with zero attached hydrogens (tertiary/aromatic N) is 2. The highest BCUT2D eigenvalue weighted by Crippen LogP contribution is 2.28. The van der Waals surface area contributed by atoms with Crippen LogP contribution in [0.5, 0.6) is 0 Å². The molecule has 0 aliphatic heterocycles. The Morgan fingerprint density at radius 2 is 2.09 bits per heavy atom. The summed E-state index contributed by atoms with van der Waals surface area (Å²) in [5.74, 6) is -0.205. The van der Waals surface area contributed by atoms with Gasteiger partial charge in [-0.25, -0.2) is 4.79 Å². The van der Waals surface area contributed by atoms with E-state index in [1.165, 1.54) is 11.8 Å². The molecule has 0 fully saturated rings. The van der Waals surface area contributed by atoms with Gasteiger partial charge in [0.2, 0.25) is 5.91 Å². The zero-order valence-electron chi connectivity index (χ0n) is 14.1. The Kier molecular flexibility index (Phi) is 6.65. The molecule has 128 valence electrons. The number of aromatic nitrogens is 2. The number of amides is 1. The van der Waals surface area contributed by atoms with Crippen LogP contribution in [0.3, 0.4) is 0 Å². The molecule has 0 spiro atoms. The molecule has 6 nitrogen and oxygen atoms in total. The SMILES string of the molecule is CC[NH+](CC)CCCn1c2c(c(SCC(N)=O)nc1=O)CCC2. The number of rotatable bonds is 9. The zero-order chi connectivity index (χ0) is 16.8. The van der Waals surface area contributed by atoms with Gasteiger partial charge >= 0.3 is 5.69 Å². The van der Waals surface area contributed by atoms with Crippen molar-refractivity contribution in [3.8, 4) is 0 Å². The quantitative estimate of drug-likeness (QED) is 0.475. The number of fused-ring (bicyclic) bond motifs is 1. The molecule has 0 bridgehead atoms. The molecule has 0 saturated heterocycles. The van der Waals surface area contributed by atoms with Crippen LogP contribution in [0.4, 0.5) is 0 Å². The molecule has 1 aromatic heterocycles. The van der Waals surface area contributed by atoms with Crippen molar-refractivity contribution >= 4 is 17.7 Å². The van der Waals surface area contributed by atoms with Gasteiger partial charge in [-0.3, -0.25) is 9.36 Å². The van der Waals surface area contributed by atoms with Crippen molar-refractivity contribution in [2.24, 2.45) is 5.73 Å². The average Bonchev–Trinajstić information content (AvgIpc) is 3.01. The number of hydrogen-bond acceptors (Lipinski definition) is 4. The highest BCUT2D eigenvalue weighted by Gasteiger charge is 2.22. The first-order chi connectivity index (χ1) is 11.1. The van der Waals surface area contributed by atoms with Gasteiger partial charge < -0.3 is 10.6 Å². The van der Waals surface area contributed by atoms with Gasteiger partial charge in [-0.2, -0.15) is 4.98 Å². The first kappa shape index (κ1) is 18.0. The third-order valence-electron chi connectivity index (χ3n) is 4.46. The van der Waals surface area contributed by atoms with Crippen molar-refractivity contribution in [2.75, 3.05) is 25.4 Å². The summed E-state index contributed by atoms with van der Waals surface area (Å²) in [7, 11) is 0. The molecule has 1 aromatic rings. The number of nitrogens with two attached hydrogens (primary N) is 1. The van der Waals surface area contributed by atoms with Gasteiger partial charge in [0.25, 0.3) is 0 Å². The molecule has 0 radical (unpaired) electrons. The second kappa shape index (κ2) is 8.49. The van der Waals surface area contributed by atoms with E-state index in [1.807, 2.05) is 4.57 Å². The fourth-order valence-corrected chi connectivity index (χ4v) is 3.98. The zero-order valence-corrected chi connectivity index (χ0v) is 14.9. The van der Waals surface area contributed by atoms with Crippen LogP contribution in [0.2, 0.25) is 0 Å². The first-order valence-electron chi connectivity index (χ1n) is 8.44. The number of carbonyl (C=O) groups is 1. The summed E-state index contributed by atoms with van der Waals surface area (Å²) in [6, 6.07) is 0. The van der Waals surface area contributed by atoms with E-state index >= 15 is 0 Å². The van der Waals surface area contributed by atoms with Crippen LogP contribution in [-0.4, -0.2) is 40.8 Å². The standard InChI is InChI=1S/C16H26N4O2S/c1-3-19(4-2)9-6-10-20-13-8-5-7-12(13)15(18-16(20)22)23-11-14(17)21/h3-11H2,1-2H3,(H2,17,21)/p+1. The van der Waals surface area contributed by atoms with Gasteiger partial charge in [-0.05, 0) is 33.1 Å². The predicted octanol–water partition coefficient (Wildman–Crippen LogP) is -0.376. The molecule has 0 atom stereocenters. The lowest BCUT2D eigenvalue weighted by molar-refractivity contribution is -0.896. The third kappa shape index (κ3) is 4.57. The highest BCUT2D eigenvalue weighted by atomic mass is 32.2. The fraction of sp³-hybridized carbons (Fsp3) is 0.688. The normalized spacial score (nSPS) is 13.5. The molecule has 0 saturated carbocycles. The number of primary amides is 1. The van der Waals surface area contributed by atoms with Crippen LogP contribution < -0.4 is 16.3 Å². The molecule has 1 heterocycles. The molecule has 7 heteroatoms. The number of quaternary nitrogens is 1. The second-order valence-corrected chi connectivity index (χ2v) is 6.91. The predicted molar refractivity (Wildman–Crippen MR) is 92.0 cm³/mol. The Morgan fingerprint density at radius 3 is 2.74 bits per heavy atom. The number of hydrogen-bond donors (Lipinski definition) is 2. The molecule has 2 rings (SSSR count).